The van der Waals surface area contributed by atoms with Crippen molar-refractivity contribution in [1.82, 2.24) is 10.2 Å². The summed E-state index contributed by atoms with van der Waals surface area (Å²) in [5.74, 6) is 0.525. The maximum atomic E-state index is 13.1. The highest BCUT2D eigenvalue weighted by Gasteiger charge is 2.16. The summed E-state index contributed by atoms with van der Waals surface area (Å²) in [6.07, 6.45) is 1.67. The average molecular weight is 297 g/mol. The molecule has 0 aliphatic heterocycles. The molecule has 0 amide bonds. The summed E-state index contributed by atoms with van der Waals surface area (Å²) >= 11 is 5.76. The normalized spacial score (nSPS) is 12.8. The highest BCUT2D eigenvalue weighted by molar-refractivity contribution is 6.30. The molecule has 0 aliphatic carbocycles. The second-order valence-electron chi connectivity index (χ2n) is 4.87. The van der Waals surface area contributed by atoms with E-state index in [4.69, 9.17) is 16.0 Å². The van der Waals surface area contributed by atoms with E-state index in [1.807, 2.05) is 26.2 Å². The molecular weight excluding hydrogens is 279 g/mol. The lowest BCUT2D eigenvalue weighted by Crippen LogP contribution is -2.30. The quantitative estimate of drug-likeness (QED) is 0.885. The third-order valence-electron chi connectivity index (χ3n) is 3.15. The van der Waals surface area contributed by atoms with Gasteiger partial charge < -0.3 is 9.73 Å². The van der Waals surface area contributed by atoms with Crippen LogP contribution in [0.5, 0.6) is 0 Å². The van der Waals surface area contributed by atoms with Crippen molar-refractivity contribution in [1.29, 1.82) is 0 Å². The van der Waals surface area contributed by atoms with Crippen LogP contribution in [0.2, 0.25) is 5.02 Å². The third-order valence-corrected chi connectivity index (χ3v) is 3.44. The number of benzene rings is 1. The molecule has 0 spiro atoms. The van der Waals surface area contributed by atoms with Crippen molar-refractivity contribution < 1.29 is 8.81 Å². The lowest BCUT2D eigenvalue weighted by atomic mass is 10.2. The van der Waals surface area contributed by atoms with Crippen LogP contribution in [0.25, 0.3) is 0 Å². The molecule has 1 aromatic heterocycles. The topological polar surface area (TPSA) is 28.4 Å². The molecule has 1 unspecified atom stereocenters. The molecular formula is C15H18ClFN2O. The van der Waals surface area contributed by atoms with Gasteiger partial charge in [0.1, 0.15) is 11.6 Å². The van der Waals surface area contributed by atoms with E-state index in [9.17, 15) is 4.39 Å². The molecule has 1 aromatic carbocycles. The second-order valence-corrected chi connectivity index (χ2v) is 5.28. The Balaban J connectivity index is 1.92. The number of furan rings is 1. The molecule has 0 saturated heterocycles. The van der Waals surface area contributed by atoms with Crippen molar-refractivity contribution in [3.05, 3.63) is 58.8 Å². The van der Waals surface area contributed by atoms with Crippen LogP contribution in [-0.2, 0) is 6.54 Å². The molecule has 0 fully saturated rings. The van der Waals surface area contributed by atoms with Gasteiger partial charge in [0, 0.05) is 13.1 Å². The highest BCUT2D eigenvalue weighted by Crippen LogP contribution is 2.18. The summed E-state index contributed by atoms with van der Waals surface area (Å²) in [6.45, 7) is 1.36. The van der Waals surface area contributed by atoms with Gasteiger partial charge in [-0.15, -0.1) is 0 Å². The van der Waals surface area contributed by atoms with Crippen LogP contribution in [0, 0.1) is 5.82 Å². The van der Waals surface area contributed by atoms with Crippen LogP contribution in [0.15, 0.2) is 41.0 Å². The van der Waals surface area contributed by atoms with Crippen LogP contribution in [0.1, 0.15) is 17.4 Å². The van der Waals surface area contributed by atoms with Gasteiger partial charge in [-0.3, -0.25) is 4.90 Å². The largest absolute Gasteiger partial charge is 0.468 e. The van der Waals surface area contributed by atoms with E-state index in [1.54, 1.807) is 18.4 Å². The number of hydrogen-bond acceptors (Lipinski definition) is 3. The Kier molecular flexibility index (Phi) is 5.17. The van der Waals surface area contributed by atoms with Gasteiger partial charge in [-0.2, -0.15) is 0 Å². The average Bonchev–Trinajstić information content (AvgIpc) is 2.92. The number of likely N-dealkylation sites (N-methyl/N-ethyl adjacent to an activating group) is 1. The van der Waals surface area contributed by atoms with E-state index in [0.29, 0.717) is 6.54 Å². The van der Waals surface area contributed by atoms with Gasteiger partial charge >= 0.3 is 0 Å². The van der Waals surface area contributed by atoms with Gasteiger partial charge in [-0.25, -0.2) is 4.39 Å². The standard InChI is InChI=1S/C15H18ClFN2O/c1-19(2)14(15-4-3-7-20-15)10-18-9-11-5-6-13(17)12(16)8-11/h3-8,14,18H,9-10H2,1-2H3. The van der Waals surface area contributed by atoms with Crippen molar-refractivity contribution >= 4 is 11.6 Å². The number of halogens is 2. The zero-order chi connectivity index (χ0) is 14.5. The number of nitrogens with one attached hydrogen (secondary N) is 1. The Bertz CT molecular complexity index is 543. The van der Waals surface area contributed by atoms with Gasteiger partial charge in [0.2, 0.25) is 0 Å². The molecule has 5 heteroatoms. The SMILES string of the molecule is CN(C)C(CNCc1ccc(F)c(Cl)c1)c1ccco1. The van der Waals surface area contributed by atoms with Crippen LogP contribution < -0.4 is 5.32 Å². The molecule has 1 heterocycles. The molecule has 20 heavy (non-hydrogen) atoms. The number of rotatable bonds is 6. The van der Waals surface area contributed by atoms with E-state index in [1.165, 1.54) is 6.07 Å². The summed E-state index contributed by atoms with van der Waals surface area (Å²) < 4.78 is 18.5. The first-order valence-corrected chi connectivity index (χ1v) is 6.80. The van der Waals surface area contributed by atoms with Crippen molar-refractivity contribution in [2.45, 2.75) is 12.6 Å². The summed E-state index contributed by atoms with van der Waals surface area (Å²) in [5, 5.41) is 3.49. The summed E-state index contributed by atoms with van der Waals surface area (Å²) in [6, 6.07) is 8.75. The first kappa shape index (κ1) is 15.0. The van der Waals surface area contributed by atoms with Crippen molar-refractivity contribution in [3.63, 3.8) is 0 Å². The molecule has 0 saturated carbocycles. The minimum Gasteiger partial charge on any atom is -0.468 e. The van der Waals surface area contributed by atoms with E-state index in [0.717, 1.165) is 17.9 Å². The summed E-state index contributed by atoms with van der Waals surface area (Å²) in [7, 11) is 4.01. The van der Waals surface area contributed by atoms with Gasteiger partial charge in [0.05, 0.1) is 17.3 Å². The van der Waals surface area contributed by atoms with Crippen molar-refractivity contribution in [2.24, 2.45) is 0 Å². The maximum Gasteiger partial charge on any atom is 0.141 e. The van der Waals surface area contributed by atoms with Gasteiger partial charge in [-0.1, -0.05) is 17.7 Å². The lowest BCUT2D eigenvalue weighted by Gasteiger charge is -2.22. The number of hydrogen-bond donors (Lipinski definition) is 1. The Labute approximate surface area is 123 Å². The first-order valence-electron chi connectivity index (χ1n) is 6.42. The van der Waals surface area contributed by atoms with Crippen LogP contribution in [0.3, 0.4) is 0 Å². The predicted octanol–water partition coefficient (Wildman–Crippen LogP) is 3.46. The zero-order valence-electron chi connectivity index (χ0n) is 11.6. The van der Waals surface area contributed by atoms with Crippen LogP contribution >= 0.6 is 11.6 Å². The minimum atomic E-state index is -0.392. The van der Waals surface area contributed by atoms with E-state index >= 15 is 0 Å². The molecule has 0 radical (unpaired) electrons. The van der Waals surface area contributed by atoms with E-state index in [-0.39, 0.29) is 11.1 Å². The molecule has 3 nitrogen and oxygen atoms in total. The van der Waals surface area contributed by atoms with Gasteiger partial charge in [0.15, 0.2) is 0 Å². The van der Waals surface area contributed by atoms with Gasteiger partial charge in [-0.05, 0) is 43.9 Å². The fraction of sp³-hybridized carbons (Fsp3) is 0.333. The fourth-order valence-corrected chi connectivity index (χ4v) is 2.22. The summed E-state index contributed by atoms with van der Waals surface area (Å²) in [4.78, 5) is 2.09. The minimum absolute atomic E-state index is 0.152. The first-order chi connectivity index (χ1) is 9.58. The maximum absolute atomic E-state index is 13.1. The predicted molar refractivity (Wildman–Crippen MR) is 78.3 cm³/mol. The molecule has 2 rings (SSSR count). The highest BCUT2D eigenvalue weighted by atomic mass is 35.5. The fourth-order valence-electron chi connectivity index (χ4n) is 2.02. The van der Waals surface area contributed by atoms with Crippen LogP contribution in [0.4, 0.5) is 4.39 Å². The second kappa shape index (κ2) is 6.88. The van der Waals surface area contributed by atoms with Crippen molar-refractivity contribution in [2.75, 3.05) is 20.6 Å². The van der Waals surface area contributed by atoms with Crippen LogP contribution in [-0.4, -0.2) is 25.5 Å². The molecule has 2 aromatic rings. The van der Waals surface area contributed by atoms with Crippen molar-refractivity contribution in [3.8, 4) is 0 Å². The van der Waals surface area contributed by atoms with E-state index < -0.39 is 5.82 Å². The third kappa shape index (κ3) is 3.82. The Morgan fingerprint density at radius 2 is 2.15 bits per heavy atom. The zero-order valence-corrected chi connectivity index (χ0v) is 12.3. The Hall–Kier alpha value is -1.36. The van der Waals surface area contributed by atoms with E-state index in [2.05, 4.69) is 10.2 Å². The van der Waals surface area contributed by atoms with Gasteiger partial charge in [0.25, 0.3) is 0 Å². The molecule has 108 valence electrons. The number of nitrogens with zero attached hydrogens (tertiary/aromatic N) is 1. The molecule has 0 aliphatic rings. The Morgan fingerprint density at radius 3 is 2.75 bits per heavy atom. The monoisotopic (exact) mass is 296 g/mol. The molecule has 1 N–H and O–H groups in total. The molecule has 0 bridgehead atoms. The molecule has 1 atom stereocenters. The smallest absolute Gasteiger partial charge is 0.141 e. The summed E-state index contributed by atoms with van der Waals surface area (Å²) in [5.41, 5.74) is 0.952. The Morgan fingerprint density at radius 1 is 1.35 bits per heavy atom. The lowest BCUT2D eigenvalue weighted by molar-refractivity contribution is 0.250.